The van der Waals surface area contributed by atoms with E-state index in [1.165, 1.54) is 11.7 Å². The Labute approximate surface area is 210 Å². The Balaban J connectivity index is 1.41. The van der Waals surface area contributed by atoms with Gasteiger partial charge >= 0.3 is 6.09 Å². The van der Waals surface area contributed by atoms with Crippen LogP contribution in [0.1, 0.15) is 12.2 Å². The Morgan fingerprint density at radius 3 is 2.65 bits per heavy atom. The average Bonchev–Trinajstić information content (AvgIpc) is 3.29. The number of carbonyl (C=O) groups is 2. The van der Waals surface area contributed by atoms with Crippen LogP contribution in [-0.4, -0.2) is 95.5 Å². The minimum absolute atomic E-state index is 0.114. The number of hydrogen-bond donors (Lipinski definition) is 2. The van der Waals surface area contributed by atoms with Gasteiger partial charge in [0.15, 0.2) is 5.82 Å². The number of alkyl carbamates (subject to hydrolysis) is 1. The summed E-state index contributed by atoms with van der Waals surface area (Å²) in [6.45, 7) is 2.76. The van der Waals surface area contributed by atoms with Crippen LogP contribution in [0, 0.1) is 0 Å². The summed E-state index contributed by atoms with van der Waals surface area (Å²) in [5.74, 6) is 0.437. The molecule has 1 aromatic carbocycles. The highest BCUT2D eigenvalue weighted by Gasteiger charge is 2.31. The molecule has 5 rings (SSSR count). The quantitative estimate of drug-likeness (QED) is 0.481. The molecule has 196 valence electrons. The van der Waals surface area contributed by atoms with Crippen LogP contribution in [-0.2, 0) is 14.3 Å². The lowest BCUT2D eigenvalue weighted by Gasteiger charge is -2.40. The van der Waals surface area contributed by atoms with Crippen LogP contribution in [0.3, 0.4) is 0 Å². The number of amides is 2. The number of nitrogens with zero attached hydrogens (tertiary/aromatic N) is 6. The van der Waals surface area contributed by atoms with E-state index < -0.39 is 18.3 Å². The lowest BCUT2D eigenvalue weighted by Crippen LogP contribution is -2.59. The van der Waals surface area contributed by atoms with Crippen LogP contribution in [0.15, 0.2) is 30.3 Å². The number of benzene rings is 1. The number of imidazole rings is 1. The van der Waals surface area contributed by atoms with Gasteiger partial charge in [0.1, 0.15) is 18.2 Å². The Kier molecular flexibility index (Phi) is 6.99. The van der Waals surface area contributed by atoms with Crippen molar-refractivity contribution in [2.45, 2.75) is 12.5 Å². The van der Waals surface area contributed by atoms with Gasteiger partial charge in [-0.25, -0.2) is 18.6 Å². The largest absolute Gasteiger partial charge is 0.453 e. The van der Waals surface area contributed by atoms with Gasteiger partial charge in [-0.2, -0.15) is 9.97 Å². The number of fused-ring (bicyclic) bond motifs is 1. The highest BCUT2D eigenvalue weighted by Crippen LogP contribution is 2.29. The number of carbonyl (C=O) groups excluding carboxylic acids is 2. The molecule has 0 unspecified atom stereocenters. The highest BCUT2D eigenvalue weighted by molar-refractivity contribution is 5.83. The molecule has 0 aliphatic carbocycles. The van der Waals surface area contributed by atoms with Crippen LogP contribution < -0.4 is 15.5 Å². The maximum atomic E-state index is 14.0. The molecule has 0 saturated carbocycles. The standard InChI is InChI=1S/C23H26F2N8O4/c1-36-23(35)26-11-19(34)32-12-14(13-32)27-17-10-18(30-22(29-17)31-6-8-37-9-7-31)33-16-5-3-2-4-15(16)28-21(33)20(24)25/h2-5,10,14,20H,6-9,11-13H2,1H3,(H,26,35)(H,27,29,30). The van der Waals surface area contributed by atoms with E-state index in [2.05, 4.69) is 30.3 Å². The molecule has 2 aromatic heterocycles. The summed E-state index contributed by atoms with van der Waals surface area (Å²) in [5, 5.41) is 5.64. The molecule has 2 amide bonds. The number of aromatic nitrogens is 4. The molecule has 0 atom stereocenters. The van der Waals surface area contributed by atoms with Crippen LogP contribution >= 0.6 is 0 Å². The first kappa shape index (κ1) is 24.6. The third-order valence-electron chi connectivity index (χ3n) is 6.16. The summed E-state index contributed by atoms with van der Waals surface area (Å²) < 4.78 is 39.2. The van der Waals surface area contributed by atoms with E-state index in [-0.39, 0.29) is 24.3 Å². The molecular weight excluding hydrogens is 490 g/mol. The van der Waals surface area contributed by atoms with Crippen molar-refractivity contribution in [3.05, 3.63) is 36.2 Å². The van der Waals surface area contributed by atoms with Crippen LogP contribution in [0.2, 0.25) is 0 Å². The SMILES string of the molecule is COC(=O)NCC(=O)N1CC(Nc2cc(-n3c(C(F)F)nc4ccccc43)nc(N3CCOCC3)n2)C1. The predicted octanol–water partition coefficient (Wildman–Crippen LogP) is 1.57. The third kappa shape index (κ3) is 5.23. The van der Waals surface area contributed by atoms with Crippen molar-refractivity contribution >= 4 is 34.8 Å². The molecule has 2 N–H and O–H groups in total. The molecule has 14 heteroatoms. The zero-order valence-electron chi connectivity index (χ0n) is 20.1. The molecule has 0 bridgehead atoms. The van der Waals surface area contributed by atoms with Gasteiger partial charge in [-0.3, -0.25) is 9.36 Å². The molecule has 2 aliphatic heterocycles. The highest BCUT2D eigenvalue weighted by atomic mass is 19.3. The lowest BCUT2D eigenvalue weighted by molar-refractivity contribution is -0.134. The summed E-state index contributed by atoms with van der Waals surface area (Å²) >= 11 is 0. The van der Waals surface area contributed by atoms with E-state index in [0.717, 1.165) is 0 Å². The van der Waals surface area contributed by atoms with E-state index in [1.807, 2.05) is 4.90 Å². The number of rotatable bonds is 7. The molecular formula is C23H26F2N8O4. The number of anilines is 2. The minimum Gasteiger partial charge on any atom is -0.453 e. The van der Waals surface area contributed by atoms with Gasteiger partial charge in [0, 0.05) is 32.2 Å². The Bertz CT molecular complexity index is 1290. The van der Waals surface area contributed by atoms with Gasteiger partial charge in [0.25, 0.3) is 6.43 Å². The van der Waals surface area contributed by atoms with Gasteiger partial charge in [0.05, 0.1) is 37.4 Å². The molecule has 2 saturated heterocycles. The molecule has 2 fully saturated rings. The summed E-state index contributed by atoms with van der Waals surface area (Å²) in [5.41, 5.74) is 0.946. The second kappa shape index (κ2) is 10.5. The van der Waals surface area contributed by atoms with E-state index in [0.29, 0.717) is 62.2 Å². The molecule has 12 nitrogen and oxygen atoms in total. The smallest absolute Gasteiger partial charge is 0.407 e. The van der Waals surface area contributed by atoms with E-state index in [4.69, 9.17) is 4.74 Å². The van der Waals surface area contributed by atoms with Crippen LogP contribution in [0.25, 0.3) is 16.9 Å². The number of likely N-dealkylation sites (tertiary alicyclic amines) is 1. The Morgan fingerprint density at radius 1 is 1.16 bits per heavy atom. The number of hydrogen-bond acceptors (Lipinski definition) is 9. The van der Waals surface area contributed by atoms with Gasteiger partial charge in [-0.05, 0) is 12.1 Å². The van der Waals surface area contributed by atoms with Crippen molar-refractivity contribution in [3.63, 3.8) is 0 Å². The molecule has 0 spiro atoms. The summed E-state index contributed by atoms with van der Waals surface area (Å²) in [6.07, 6.45) is -3.49. The van der Waals surface area contributed by atoms with Crippen molar-refractivity contribution in [2.24, 2.45) is 0 Å². The zero-order chi connectivity index (χ0) is 25.9. The first-order valence-electron chi connectivity index (χ1n) is 11.8. The summed E-state index contributed by atoms with van der Waals surface area (Å²) in [7, 11) is 1.22. The average molecular weight is 517 g/mol. The van der Waals surface area contributed by atoms with Gasteiger partial charge in [-0.15, -0.1) is 0 Å². The second-order valence-corrected chi connectivity index (χ2v) is 8.59. The van der Waals surface area contributed by atoms with Crippen LogP contribution in [0.5, 0.6) is 0 Å². The zero-order valence-corrected chi connectivity index (χ0v) is 20.1. The van der Waals surface area contributed by atoms with Crippen LogP contribution in [0.4, 0.5) is 25.3 Å². The number of methoxy groups -OCH3 is 1. The number of para-hydroxylation sites is 2. The maximum Gasteiger partial charge on any atom is 0.407 e. The number of morpholine rings is 1. The normalized spacial score (nSPS) is 16.1. The monoisotopic (exact) mass is 516 g/mol. The summed E-state index contributed by atoms with van der Waals surface area (Å²) in [4.78, 5) is 40.3. The van der Waals surface area contributed by atoms with Gasteiger partial charge in [0.2, 0.25) is 11.9 Å². The van der Waals surface area contributed by atoms with E-state index >= 15 is 0 Å². The van der Waals surface area contributed by atoms with Crippen molar-refractivity contribution < 1.29 is 27.8 Å². The van der Waals surface area contributed by atoms with Crippen molar-refractivity contribution in [1.29, 1.82) is 0 Å². The lowest BCUT2D eigenvalue weighted by atomic mass is 10.1. The second-order valence-electron chi connectivity index (χ2n) is 8.59. The minimum atomic E-state index is -2.81. The van der Waals surface area contributed by atoms with Gasteiger partial charge in [-0.1, -0.05) is 12.1 Å². The number of alkyl halides is 2. The molecule has 4 heterocycles. The number of halogens is 2. The van der Waals surface area contributed by atoms with E-state index in [1.54, 1.807) is 35.2 Å². The molecule has 2 aliphatic rings. The number of nitrogens with one attached hydrogen (secondary N) is 2. The predicted molar refractivity (Wildman–Crippen MR) is 129 cm³/mol. The fourth-order valence-electron chi connectivity index (χ4n) is 4.26. The fourth-order valence-corrected chi connectivity index (χ4v) is 4.26. The van der Waals surface area contributed by atoms with Crippen molar-refractivity contribution in [3.8, 4) is 5.82 Å². The molecule has 37 heavy (non-hydrogen) atoms. The first-order chi connectivity index (χ1) is 17.9. The first-order valence-corrected chi connectivity index (χ1v) is 11.8. The molecule has 0 radical (unpaired) electrons. The van der Waals surface area contributed by atoms with E-state index in [9.17, 15) is 18.4 Å². The summed E-state index contributed by atoms with van der Waals surface area (Å²) in [6, 6.07) is 8.38. The molecule has 3 aromatic rings. The van der Waals surface area contributed by atoms with Crippen molar-refractivity contribution in [2.75, 3.05) is 63.3 Å². The topological polar surface area (TPSA) is 127 Å². The van der Waals surface area contributed by atoms with Gasteiger partial charge < -0.3 is 29.9 Å². The Morgan fingerprint density at radius 2 is 1.92 bits per heavy atom. The van der Waals surface area contributed by atoms with Crippen molar-refractivity contribution in [1.82, 2.24) is 29.7 Å². The number of ether oxygens (including phenoxy) is 2. The fraction of sp³-hybridized carbons (Fsp3) is 0.435. The third-order valence-corrected chi connectivity index (χ3v) is 6.16. The maximum absolute atomic E-state index is 14.0. The Hall–Kier alpha value is -4.07.